The summed E-state index contributed by atoms with van der Waals surface area (Å²) in [5.41, 5.74) is 2.11. The average molecular weight is 260 g/mol. The van der Waals surface area contributed by atoms with Crippen LogP contribution >= 0.6 is 0 Å². The highest BCUT2D eigenvalue weighted by Gasteiger charge is 2.13. The van der Waals surface area contributed by atoms with Gasteiger partial charge < -0.3 is 0 Å². The fraction of sp³-hybridized carbons (Fsp3) is 0.188. The van der Waals surface area contributed by atoms with Gasteiger partial charge in [0.2, 0.25) is 0 Å². The third kappa shape index (κ3) is 2.55. The van der Waals surface area contributed by atoms with E-state index >= 15 is 0 Å². The van der Waals surface area contributed by atoms with Gasteiger partial charge in [-0.2, -0.15) is 0 Å². The zero-order valence-corrected chi connectivity index (χ0v) is 11.1. The Hall–Kier alpha value is -2.03. The first-order valence-corrected chi connectivity index (χ1v) is 5.97. The molecule has 0 aromatic heterocycles. The minimum Gasteiger partial charge on any atom is -0.289 e. The van der Waals surface area contributed by atoms with E-state index in [1.165, 1.54) is 30.3 Å². The average Bonchev–Trinajstić information content (AvgIpc) is 2.37. The monoisotopic (exact) mass is 260 g/mol. The van der Waals surface area contributed by atoms with Crippen LogP contribution in [0, 0.1) is 32.4 Å². The van der Waals surface area contributed by atoms with E-state index < -0.39 is 0 Å². The highest BCUT2D eigenvalue weighted by molar-refractivity contribution is 6.09. The lowest BCUT2D eigenvalue weighted by atomic mass is 9.98. The van der Waals surface area contributed by atoms with E-state index in [9.17, 15) is 13.6 Å². The first kappa shape index (κ1) is 13.4. The molecule has 0 spiro atoms. The number of benzene rings is 2. The summed E-state index contributed by atoms with van der Waals surface area (Å²) >= 11 is 0. The zero-order valence-electron chi connectivity index (χ0n) is 11.1. The molecule has 0 radical (unpaired) electrons. The molecule has 0 unspecified atom stereocenters. The van der Waals surface area contributed by atoms with Crippen LogP contribution in [0.2, 0.25) is 0 Å². The second-order valence-electron chi connectivity index (χ2n) is 4.72. The van der Waals surface area contributed by atoms with Crippen LogP contribution in [0.15, 0.2) is 30.3 Å². The van der Waals surface area contributed by atoms with Crippen molar-refractivity contribution in [3.8, 4) is 0 Å². The molecule has 2 aromatic carbocycles. The Labute approximate surface area is 110 Å². The van der Waals surface area contributed by atoms with Gasteiger partial charge in [0.1, 0.15) is 11.6 Å². The minimum absolute atomic E-state index is 0.227. The van der Waals surface area contributed by atoms with Crippen molar-refractivity contribution in [2.24, 2.45) is 0 Å². The Morgan fingerprint density at radius 2 is 1.37 bits per heavy atom. The van der Waals surface area contributed by atoms with Crippen LogP contribution in [0.4, 0.5) is 8.78 Å². The number of halogens is 2. The molecule has 0 aliphatic heterocycles. The molecule has 0 amide bonds. The Morgan fingerprint density at radius 1 is 0.842 bits per heavy atom. The molecule has 0 atom stereocenters. The second kappa shape index (κ2) is 4.92. The predicted octanol–water partition coefficient (Wildman–Crippen LogP) is 4.12. The molecule has 1 nitrogen and oxygen atoms in total. The number of ketones is 1. The number of hydrogen-bond donors (Lipinski definition) is 0. The lowest BCUT2D eigenvalue weighted by Crippen LogP contribution is -2.04. The van der Waals surface area contributed by atoms with Gasteiger partial charge in [-0.1, -0.05) is 0 Å². The summed E-state index contributed by atoms with van der Waals surface area (Å²) in [4.78, 5) is 12.3. The number of aryl methyl sites for hydroxylation is 3. The van der Waals surface area contributed by atoms with Gasteiger partial charge in [0, 0.05) is 11.1 Å². The molecule has 0 heterocycles. The number of carbonyl (C=O) groups is 1. The van der Waals surface area contributed by atoms with Crippen molar-refractivity contribution in [1.29, 1.82) is 0 Å². The van der Waals surface area contributed by atoms with Crippen LogP contribution in [0.1, 0.15) is 32.6 Å². The first-order valence-electron chi connectivity index (χ1n) is 5.97. The maximum absolute atomic E-state index is 13.5. The van der Waals surface area contributed by atoms with Crippen molar-refractivity contribution >= 4 is 5.78 Å². The fourth-order valence-corrected chi connectivity index (χ4v) is 2.03. The van der Waals surface area contributed by atoms with E-state index in [0.717, 1.165) is 0 Å². The third-order valence-electron chi connectivity index (χ3n) is 3.12. The van der Waals surface area contributed by atoms with Gasteiger partial charge in [0.25, 0.3) is 0 Å². The molecule has 0 bridgehead atoms. The Balaban J connectivity index is 2.47. The molecule has 0 saturated heterocycles. The highest BCUT2D eigenvalue weighted by Crippen LogP contribution is 2.19. The summed E-state index contributed by atoms with van der Waals surface area (Å²) in [5.74, 6) is -0.871. The summed E-state index contributed by atoms with van der Waals surface area (Å²) in [6.07, 6.45) is 0. The Bertz CT molecular complexity index is 637. The van der Waals surface area contributed by atoms with Crippen LogP contribution in [0.25, 0.3) is 0 Å². The zero-order chi connectivity index (χ0) is 14.2. The van der Waals surface area contributed by atoms with E-state index in [-0.39, 0.29) is 17.4 Å². The maximum Gasteiger partial charge on any atom is 0.193 e. The molecule has 19 heavy (non-hydrogen) atoms. The Morgan fingerprint density at radius 3 is 1.89 bits per heavy atom. The van der Waals surface area contributed by atoms with E-state index in [2.05, 4.69) is 0 Å². The van der Waals surface area contributed by atoms with E-state index in [0.29, 0.717) is 27.8 Å². The van der Waals surface area contributed by atoms with Crippen molar-refractivity contribution < 1.29 is 13.6 Å². The largest absolute Gasteiger partial charge is 0.289 e. The lowest BCUT2D eigenvalue weighted by molar-refractivity contribution is 0.103. The number of rotatable bonds is 2. The highest BCUT2D eigenvalue weighted by atomic mass is 19.1. The second-order valence-corrected chi connectivity index (χ2v) is 4.72. The molecular weight excluding hydrogens is 246 g/mol. The summed E-state index contributed by atoms with van der Waals surface area (Å²) in [6, 6.07) is 7.25. The molecule has 2 rings (SSSR count). The topological polar surface area (TPSA) is 17.1 Å². The SMILES string of the molecule is Cc1cc(C(=O)c2cc(C)c(F)c(C)c2)ccc1F. The summed E-state index contributed by atoms with van der Waals surface area (Å²) in [5, 5.41) is 0. The van der Waals surface area contributed by atoms with Crippen molar-refractivity contribution in [2.45, 2.75) is 20.8 Å². The van der Waals surface area contributed by atoms with Crippen molar-refractivity contribution in [2.75, 3.05) is 0 Å². The van der Waals surface area contributed by atoms with Crippen LogP contribution in [0.3, 0.4) is 0 Å². The van der Waals surface area contributed by atoms with E-state index in [1.807, 2.05) is 0 Å². The molecule has 0 aliphatic carbocycles. The smallest absolute Gasteiger partial charge is 0.193 e. The molecule has 0 N–H and O–H groups in total. The van der Waals surface area contributed by atoms with E-state index in [4.69, 9.17) is 0 Å². The maximum atomic E-state index is 13.5. The van der Waals surface area contributed by atoms with Crippen molar-refractivity contribution in [3.05, 3.63) is 69.8 Å². The summed E-state index contributed by atoms with van der Waals surface area (Å²) in [6.45, 7) is 4.84. The molecule has 0 fully saturated rings. The van der Waals surface area contributed by atoms with Gasteiger partial charge in [-0.05, 0) is 67.8 Å². The standard InChI is InChI=1S/C16H14F2O/c1-9-6-12(4-5-14(9)17)16(19)13-7-10(2)15(18)11(3)8-13/h4-8H,1-3H3. The molecule has 0 aliphatic rings. The van der Waals surface area contributed by atoms with Gasteiger partial charge >= 0.3 is 0 Å². The minimum atomic E-state index is -0.344. The molecule has 0 saturated carbocycles. The van der Waals surface area contributed by atoms with E-state index in [1.54, 1.807) is 20.8 Å². The molecule has 2 aromatic rings. The normalized spacial score (nSPS) is 10.6. The van der Waals surface area contributed by atoms with Gasteiger partial charge in [0.15, 0.2) is 5.78 Å². The quantitative estimate of drug-likeness (QED) is 0.742. The van der Waals surface area contributed by atoms with Gasteiger partial charge in [-0.15, -0.1) is 0 Å². The summed E-state index contributed by atoms with van der Waals surface area (Å²) in [7, 11) is 0. The van der Waals surface area contributed by atoms with Gasteiger partial charge in [-0.25, -0.2) is 8.78 Å². The van der Waals surface area contributed by atoms with Crippen LogP contribution in [-0.4, -0.2) is 5.78 Å². The third-order valence-corrected chi connectivity index (χ3v) is 3.12. The predicted molar refractivity (Wildman–Crippen MR) is 70.4 cm³/mol. The van der Waals surface area contributed by atoms with Crippen molar-refractivity contribution in [3.63, 3.8) is 0 Å². The molecular formula is C16H14F2O. The Kier molecular flexibility index (Phi) is 3.47. The fourth-order valence-electron chi connectivity index (χ4n) is 2.03. The molecule has 3 heteroatoms. The van der Waals surface area contributed by atoms with Crippen LogP contribution in [0.5, 0.6) is 0 Å². The number of hydrogen-bond acceptors (Lipinski definition) is 1. The molecule has 98 valence electrons. The van der Waals surface area contributed by atoms with Crippen LogP contribution < -0.4 is 0 Å². The van der Waals surface area contributed by atoms with Gasteiger partial charge in [0.05, 0.1) is 0 Å². The van der Waals surface area contributed by atoms with Gasteiger partial charge in [-0.3, -0.25) is 4.79 Å². The lowest BCUT2D eigenvalue weighted by Gasteiger charge is -2.07. The summed E-state index contributed by atoms with van der Waals surface area (Å²) < 4.78 is 26.7. The van der Waals surface area contributed by atoms with Crippen molar-refractivity contribution in [1.82, 2.24) is 0 Å². The van der Waals surface area contributed by atoms with Crippen LogP contribution in [-0.2, 0) is 0 Å². The number of carbonyl (C=O) groups excluding carboxylic acids is 1. The first-order chi connectivity index (χ1) is 8.90.